The summed E-state index contributed by atoms with van der Waals surface area (Å²) in [5.41, 5.74) is 5.10. The summed E-state index contributed by atoms with van der Waals surface area (Å²) in [5, 5.41) is 12.2. The van der Waals surface area contributed by atoms with Crippen LogP contribution < -0.4 is 5.32 Å². The zero-order chi connectivity index (χ0) is 26.2. The van der Waals surface area contributed by atoms with Crippen molar-refractivity contribution in [2.24, 2.45) is 7.05 Å². The molecule has 0 aliphatic rings. The topological polar surface area (TPSA) is 103 Å². The Morgan fingerprint density at radius 2 is 1.97 bits per heavy atom. The van der Waals surface area contributed by atoms with Crippen LogP contribution in [0.1, 0.15) is 5.82 Å². The van der Waals surface area contributed by atoms with Crippen LogP contribution in [-0.2, 0) is 25.1 Å². The highest BCUT2D eigenvalue weighted by molar-refractivity contribution is 6.76. The van der Waals surface area contributed by atoms with E-state index in [1.54, 1.807) is 27.8 Å². The lowest BCUT2D eigenvalue weighted by atomic mass is 10.2. The van der Waals surface area contributed by atoms with E-state index in [0.29, 0.717) is 18.3 Å². The summed E-state index contributed by atoms with van der Waals surface area (Å²) in [6, 6.07) is 7.23. The maximum Gasteiger partial charge on any atom is 0.247 e. The third-order valence-electron chi connectivity index (χ3n) is 5.99. The molecule has 0 amide bonds. The van der Waals surface area contributed by atoms with Gasteiger partial charge in [-0.15, -0.1) is 5.10 Å². The normalized spacial score (nSPS) is 12.3. The van der Waals surface area contributed by atoms with Crippen molar-refractivity contribution < 1.29 is 4.74 Å². The maximum absolute atomic E-state index is 6.12. The van der Waals surface area contributed by atoms with Gasteiger partial charge in [-0.25, -0.2) is 9.50 Å². The molecule has 12 heteroatoms. The molecular weight excluding hydrogens is 484 g/mol. The third kappa shape index (κ3) is 5.71. The minimum Gasteiger partial charge on any atom is -0.361 e. The molecule has 5 aromatic rings. The number of benzene rings is 1. The first kappa shape index (κ1) is 25.1. The second-order valence-corrected chi connectivity index (χ2v) is 16.4. The average Bonchev–Trinajstić information content (AvgIpc) is 3.52. The molecule has 0 saturated carbocycles. The number of anilines is 2. The van der Waals surface area contributed by atoms with E-state index in [1.165, 1.54) is 0 Å². The monoisotopic (exact) mass is 518 g/mol. The fraction of sp³-hybridized carbons (Fsp3) is 0.400. The first-order valence-electron chi connectivity index (χ1n) is 12.4. The van der Waals surface area contributed by atoms with E-state index in [0.717, 1.165) is 53.0 Å². The minimum absolute atomic E-state index is 0.473. The van der Waals surface area contributed by atoms with Gasteiger partial charge in [0.1, 0.15) is 18.2 Å². The van der Waals surface area contributed by atoms with E-state index in [1.807, 2.05) is 39.5 Å². The molecule has 5 rings (SSSR count). The average molecular weight is 519 g/mol. The summed E-state index contributed by atoms with van der Waals surface area (Å²) in [7, 11) is 4.82. The van der Waals surface area contributed by atoms with Crippen molar-refractivity contribution in [3.05, 3.63) is 48.8 Å². The van der Waals surface area contributed by atoms with Gasteiger partial charge in [0, 0.05) is 51.6 Å². The minimum atomic E-state index is -1.16. The van der Waals surface area contributed by atoms with Gasteiger partial charge in [0.05, 0.1) is 23.8 Å². The Morgan fingerprint density at radius 1 is 1.14 bits per heavy atom. The highest BCUT2D eigenvalue weighted by Crippen LogP contribution is 2.25. The smallest absolute Gasteiger partial charge is 0.247 e. The summed E-state index contributed by atoms with van der Waals surface area (Å²) >= 11 is 0. The zero-order valence-corrected chi connectivity index (χ0v) is 23.3. The van der Waals surface area contributed by atoms with Gasteiger partial charge in [-0.2, -0.15) is 10.1 Å². The number of hydrogen-bond donors (Lipinski definition) is 1. The van der Waals surface area contributed by atoms with Crippen LogP contribution in [0.4, 0.5) is 11.6 Å². The van der Waals surface area contributed by atoms with Crippen molar-refractivity contribution in [1.82, 2.24) is 43.8 Å². The molecule has 1 aromatic carbocycles. The highest BCUT2D eigenvalue weighted by Gasteiger charge is 2.16. The van der Waals surface area contributed by atoms with Crippen LogP contribution in [-0.4, -0.2) is 72.6 Å². The van der Waals surface area contributed by atoms with Crippen LogP contribution in [0.25, 0.3) is 27.9 Å². The van der Waals surface area contributed by atoms with E-state index in [4.69, 9.17) is 14.7 Å². The summed E-state index contributed by atoms with van der Waals surface area (Å²) < 4.78 is 11.7. The number of imidazole rings is 1. The van der Waals surface area contributed by atoms with Crippen molar-refractivity contribution >= 4 is 36.4 Å². The molecule has 0 bridgehead atoms. The molecule has 0 radical (unpaired) electrons. The van der Waals surface area contributed by atoms with Gasteiger partial charge in [0.15, 0.2) is 5.65 Å². The van der Waals surface area contributed by atoms with Crippen molar-refractivity contribution in [3.8, 4) is 11.3 Å². The Labute approximate surface area is 217 Å². The molecule has 0 spiro atoms. The predicted octanol–water partition coefficient (Wildman–Crippen LogP) is 3.99. The van der Waals surface area contributed by atoms with Crippen LogP contribution in [0.2, 0.25) is 25.7 Å². The van der Waals surface area contributed by atoms with Crippen molar-refractivity contribution in [2.45, 2.75) is 39.0 Å². The van der Waals surface area contributed by atoms with Gasteiger partial charge in [-0.05, 0) is 38.3 Å². The number of nitrogens with one attached hydrogen (secondary N) is 1. The van der Waals surface area contributed by atoms with Gasteiger partial charge >= 0.3 is 0 Å². The summed E-state index contributed by atoms with van der Waals surface area (Å²) in [5.74, 6) is 1.46. The SMILES string of the molecule is CN(C)Cc1nc2ccc(Nc3nc4c(-c5cnn(C)c5)nccn4n3)cc2n1COCC[Si](C)(C)C. The van der Waals surface area contributed by atoms with Crippen molar-refractivity contribution in [3.63, 3.8) is 0 Å². The Kier molecular flexibility index (Phi) is 6.79. The highest BCUT2D eigenvalue weighted by atomic mass is 28.3. The van der Waals surface area contributed by atoms with Crippen LogP contribution >= 0.6 is 0 Å². The van der Waals surface area contributed by atoms with Crippen LogP contribution in [0.5, 0.6) is 0 Å². The van der Waals surface area contributed by atoms with Gasteiger partial charge < -0.3 is 19.5 Å². The molecule has 194 valence electrons. The van der Waals surface area contributed by atoms with E-state index in [2.05, 4.69) is 55.7 Å². The number of fused-ring (bicyclic) bond motifs is 2. The first-order valence-corrected chi connectivity index (χ1v) is 16.1. The van der Waals surface area contributed by atoms with Crippen molar-refractivity contribution in [1.29, 1.82) is 0 Å². The van der Waals surface area contributed by atoms with E-state index in [9.17, 15) is 0 Å². The number of aromatic nitrogens is 8. The largest absolute Gasteiger partial charge is 0.361 e. The molecule has 11 nitrogen and oxygen atoms in total. The molecule has 0 aliphatic carbocycles. The van der Waals surface area contributed by atoms with Gasteiger partial charge in [0.2, 0.25) is 5.95 Å². The molecule has 4 aromatic heterocycles. The van der Waals surface area contributed by atoms with E-state index < -0.39 is 8.07 Å². The molecule has 37 heavy (non-hydrogen) atoms. The summed E-state index contributed by atoms with van der Waals surface area (Å²) in [6.45, 7) is 9.05. The second-order valence-electron chi connectivity index (χ2n) is 10.8. The Balaban J connectivity index is 1.43. The molecule has 0 aliphatic heterocycles. The van der Waals surface area contributed by atoms with Gasteiger partial charge in [-0.1, -0.05) is 19.6 Å². The van der Waals surface area contributed by atoms with Gasteiger partial charge in [0.25, 0.3) is 0 Å². The lowest BCUT2D eigenvalue weighted by molar-refractivity contribution is 0.0866. The van der Waals surface area contributed by atoms with Gasteiger partial charge in [-0.3, -0.25) is 9.67 Å². The molecule has 1 N–H and O–H groups in total. The molecule has 0 unspecified atom stereocenters. The number of aryl methyl sites for hydroxylation is 1. The number of nitrogens with zero attached hydrogens (tertiary/aromatic N) is 9. The van der Waals surface area contributed by atoms with Crippen LogP contribution in [0, 0.1) is 0 Å². The zero-order valence-electron chi connectivity index (χ0n) is 22.3. The first-order chi connectivity index (χ1) is 17.7. The quantitative estimate of drug-likeness (QED) is 0.219. The lowest BCUT2D eigenvalue weighted by Crippen LogP contribution is -2.22. The van der Waals surface area contributed by atoms with Crippen molar-refractivity contribution in [2.75, 3.05) is 26.0 Å². The lowest BCUT2D eigenvalue weighted by Gasteiger charge is -2.17. The van der Waals surface area contributed by atoms with Crippen LogP contribution in [0.15, 0.2) is 43.0 Å². The van der Waals surface area contributed by atoms with Crippen LogP contribution in [0.3, 0.4) is 0 Å². The van der Waals surface area contributed by atoms with E-state index >= 15 is 0 Å². The predicted molar refractivity (Wildman–Crippen MR) is 147 cm³/mol. The Morgan fingerprint density at radius 3 is 2.70 bits per heavy atom. The Hall–Kier alpha value is -3.61. The number of ether oxygens (including phenoxy) is 1. The summed E-state index contributed by atoms with van der Waals surface area (Å²) in [4.78, 5) is 16.2. The third-order valence-corrected chi connectivity index (χ3v) is 7.69. The summed E-state index contributed by atoms with van der Waals surface area (Å²) in [6.07, 6.45) is 7.19. The number of rotatable bonds is 10. The van der Waals surface area contributed by atoms with E-state index in [-0.39, 0.29) is 0 Å². The molecule has 4 heterocycles. The molecule has 0 atom stereocenters. The fourth-order valence-electron chi connectivity index (χ4n) is 4.08. The molecule has 0 saturated heterocycles. The molecule has 0 fully saturated rings. The maximum atomic E-state index is 6.12. The standard InChI is InChI=1S/C25H34N10OSi/c1-32(2)16-22-29-20-8-7-19(13-21(20)34(22)17-36-11-12-37(4,5)6)28-25-30-24-23(18-14-27-33(3)15-18)26-9-10-35(24)31-25/h7-10,13-15H,11-12,16-17H2,1-6H3,(H,28,31). The molecular formula is C25H34N10OSi. The Bertz CT molecular complexity index is 1530. The fourth-order valence-corrected chi connectivity index (χ4v) is 4.84. The number of hydrogen-bond acceptors (Lipinski definition) is 8. The second kappa shape index (κ2) is 10.0.